The summed E-state index contributed by atoms with van der Waals surface area (Å²) in [6.45, 7) is 3.59. The molecule has 2 N–H and O–H groups in total. The molecule has 1 unspecified atom stereocenters. The molecule has 0 saturated carbocycles. The van der Waals surface area contributed by atoms with E-state index >= 15 is 0 Å². The SMILES string of the molecule is CCCn1ncnc1CC(CN)c1cccc(Cl)c1. The minimum Gasteiger partial charge on any atom is -0.330 e. The van der Waals surface area contributed by atoms with Crippen LogP contribution >= 0.6 is 11.6 Å². The highest BCUT2D eigenvalue weighted by atomic mass is 35.5. The average molecular weight is 279 g/mol. The third kappa shape index (κ3) is 3.55. The predicted molar refractivity (Wildman–Crippen MR) is 77.3 cm³/mol. The van der Waals surface area contributed by atoms with Crippen LogP contribution in [0.2, 0.25) is 5.02 Å². The van der Waals surface area contributed by atoms with E-state index in [9.17, 15) is 0 Å². The van der Waals surface area contributed by atoms with Gasteiger partial charge in [0.25, 0.3) is 0 Å². The Morgan fingerprint density at radius 1 is 1.42 bits per heavy atom. The van der Waals surface area contributed by atoms with Crippen LogP contribution in [0, 0.1) is 0 Å². The largest absolute Gasteiger partial charge is 0.330 e. The summed E-state index contributed by atoms with van der Waals surface area (Å²) in [7, 11) is 0. The van der Waals surface area contributed by atoms with Gasteiger partial charge in [-0.05, 0) is 30.7 Å². The minimum absolute atomic E-state index is 0.221. The maximum absolute atomic E-state index is 6.03. The van der Waals surface area contributed by atoms with E-state index in [1.54, 1.807) is 6.33 Å². The van der Waals surface area contributed by atoms with Crippen LogP contribution in [0.1, 0.15) is 30.7 Å². The molecule has 0 fully saturated rings. The lowest BCUT2D eigenvalue weighted by molar-refractivity contribution is 0.545. The fraction of sp³-hybridized carbons (Fsp3) is 0.429. The maximum Gasteiger partial charge on any atom is 0.138 e. The lowest BCUT2D eigenvalue weighted by Crippen LogP contribution is -2.18. The monoisotopic (exact) mass is 278 g/mol. The van der Waals surface area contributed by atoms with Gasteiger partial charge in [0.2, 0.25) is 0 Å². The lowest BCUT2D eigenvalue weighted by Gasteiger charge is -2.15. The Labute approximate surface area is 118 Å². The average Bonchev–Trinajstić information content (AvgIpc) is 2.84. The number of benzene rings is 1. The van der Waals surface area contributed by atoms with Crippen LogP contribution in [0.25, 0.3) is 0 Å². The van der Waals surface area contributed by atoms with Crippen LogP contribution in [-0.2, 0) is 13.0 Å². The van der Waals surface area contributed by atoms with E-state index < -0.39 is 0 Å². The number of halogens is 1. The third-order valence-corrected chi connectivity index (χ3v) is 3.40. The molecular formula is C14H19ClN4. The number of hydrogen-bond acceptors (Lipinski definition) is 3. The molecular weight excluding hydrogens is 260 g/mol. The summed E-state index contributed by atoms with van der Waals surface area (Å²) in [5.74, 6) is 1.20. The van der Waals surface area contributed by atoms with Crippen LogP contribution in [0.5, 0.6) is 0 Å². The lowest BCUT2D eigenvalue weighted by atomic mass is 9.95. The zero-order chi connectivity index (χ0) is 13.7. The van der Waals surface area contributed by atoms with E-state index in [2.05, 4.69) is 23.1 Å². The van der Waals surface area contributed by atoms with Crippen LogP contribution < -0.4 is 5.73 Å². The molecule has 0 aliphatic heterocycles. The highest BCUT2D eigenvalue weighted by Gasteiger charge is 2.14. The van der Waals surface area contributed by atoms with E-state index in [4.69, 9.17) is 17.3 Å². The molecule has 5 heteroatoms. The molecule has 0 radical (unpaired) electrons. The summed E-state index contributed by atoms with van der Waals surface area (Å²) < 4.78 is 1.95. The van der Waals surface area contributed by atoms with Gasteiger partial charge in [-0.3, -0.25) is 4.68 Å². The molecule has 102 valence electrons. The zero-order valence-corrected chi connectivity index (χ0v) is 11.8. The maximum atomic E-state index is 6.03. The Morgan fingerprint density at radius 3 is 2.95 bits per heavy atom. The Kier molecular flexibility index (Phi) is 4.93. The molecule has 0 saturated heterocycles. The van der Waals surface area contributed by atoms with Gasteiger partial charge in [0, 0.05) is 23.9 Å². The first-order chi connectivity index (χ1) is 9.24. The highest BCUT2D eigenvalue weighted by molar-refractivity contribution is 6.30. The predicted octanol–water partition coefficient (Wildman–Crippen LogP) is 2.63. The molecule has 0 amide bonds. The summed E-state index contributed by atoms with van der Waals surface area (Å²) in [4.78, 5) is 4.33. The Morgan fingerprint density at radius 2 is 2.26 bits per heavy atom. The Bertz CT molecular complexity index is 524. The van der Waals surface area contributed by atoms with Crippen molar-refractivity contribution in [2.75, 3.05) is 6.54 Å². The van der Waals surface area contributed by atoms with Crippen molar-refractivity contribution >= 4 is 11.6 Å². The summed E-state index contributed by atoms with van der Waals surface area (Å²) in [6.07, 6.45) is 3.44. The minimum atomic E-state index is 0.221. The van der Waals surface area contributed by atoms with Gasteiger partial charge in [-0.2, -0.15) is 5.10 Å². The fourth-order valence-corrected chi connectivity index (χ4v) is 2.36. The van der Waals surface area contributed by atoms with Crippen LogP contribution in [-0.4, -0.2) is 21.3 Å². The second kappa shape index (κ2) is 6.68. The quantitative estimate of drug-likeness (QED) is 0.884. The number of aryl methyl sites for hydroxylation is 1. The standard InChI is InChI=1S/C14H19ClN4/c1-2-6-19-14(17-10-18-19)8-12(9-16)11-4-3-5-13(15)7-11/h3-5,7,10,12H,2,6,8-9,16H2,1H3. The Hall–Kier alpha value is -1.39. The van der Waals surface area contributed by atoms with Crippen LogP contribution in [0.4, 0.5) is 0 Å². The number of nitrogens with zero attached hydrogens (tertiary/aromatic N) is 3. The van der Waals surface area contributed by atoms with Crippen molar-refractivity contribution in [3.63, 3.8) is 0 Å². The molecule has 4 nitrogen and oxygen atoms in total. The first-order valence-electron chi connectivity index (χ1n) is 6.56. The van der Waals surface area contributed by atoms with Crippen molar-refractivity contribution in [3.8, 4) is 0 Å². The molecule has 1 aromatic heterocycles. The van der Waals surface area contributed by atoms with E-state index in [0.717, 1.165) is 35.8 Å². The normalized spacial score (nSPS) is 12.6. The van der Waals surface area contributed by atoms with Gasteiger partial charge in [-0.1, -0.05) is 30.7 Å². The van der Waals surface area contributed by atoms with Crippen molar-refractivity contribution in [3.05, 3.63) is 47.0 Å². The van der Waals surface area contributed by atoms with Crippen molar-refractivity contribution in [2.45, 2.75) is 32.2 Å². The van der Waals surface area contributed by atoms with Crippen LogP contribution in [0.3, 0.4) is 0 Å². The molecule has 0 spiro atoms. The van der Waals surface area contributed by atoms with Crippen molar-refractivity contribution in [1.82, 2.24) is 14.8 Å². The van der Waals surface area contributed by atoms with E-state index in [1.165, 1.54) is 0 Å². The van der Waals surface area contributed by atoms with Gasteiger partial charge < -0.3 is 5.73 Å². The first-order valence-corrected chi connectivity index (χ1v) is 6.94. The van der Waals surface area contributed by atoms with Gasteiger partial charge in [-0.15, -0.1) is 0 Å². The number of nitrogens with two attached hydrogens (primary N) is 1. The first kappa shape index (κ1) is 14.0. The summed E-state index contributed by atoms with van der Waals surface area (Å²) >= 11 is 6.03. The molecule has 1 heterocycles. The van der Waals surface area contributed by atoms with E-state index in [1.807, 2.05) is 22.9 Å². The molecule has 2 rings (SSSR count). The molecule has 19 heavy (non-hydrogen) atoms. The third-order valence-electron chi connectivity index (χ3n) is 3.16. The second-order valence-corrected chi connectivity index (χ2v) is 5.03. The smallest absolute Gasteiger partial charge is 0.138 e. The number of rotatable bonds is 6. The molecule has 2 aromatic rings. The van der Waals surface area contributed by atoms with E-state index in [0.29, 0.717) is 6.54 Å². The van der Waals surface area contributed by atoms with Gasteiger partial charge >= 0.3 is 0 Å². The van der Waals surface area contributed by atoms with E-state index in [-0.39, 0.29) is 5.92 Å². The summed E-state index contributed by atoms with van der Waals surface area (Å²) in [6, 6.07) is 7.86. The molecule has 1 atom stereocenters. The second-order valence-electron chi connectivity index (χ2n) is 4.59. The summed E-state index contributed by atoms with van der Waals surface area (Å²) in [5.41, 5.74) is 7.05. The molecule has 0 aliphatic rings. The molecule has 0 bridgehead atoms. The Balaban J connectivity index is 2.17. The van der Waals surface area contributed by atoms with Gasteiger partial charge in [0.05, 0.1) is 0 Å². The van der Waals surface area contributed by atoms with Crippen LogP contribution in [0.15, 0.2) is 30.6 Å². The summed E-state index contributed by atoms with van der Waals surface area (Å²) in [5, 5.41) is 4.98. The molecule has 0 aliphatic carbocycles. The van der Waals surface area contributed by atoms with Crippen molar-refractivity contribution in [2.24, 2.45) is 5.73 Å². The highest BCUT2D eigenvalue weighted by Crippen LogP contribution is 2.22. The van der Waals surface area contributed by atoms with Gasteiger partial charge in [-0.25, -0.2) is 4.98 Å². The zero-order valence-electron chi connectivity index (χ0n) is 11.1. The van der Waals surface area contributed by atoms with Gasteiger partial charge in [0.1, 0.15) is 12.2 Å². The fourth-order valence-electron chi connectivity index (χ4n) is 2.16. The molecule has 1 aromatic carbocycles. The van der Waals surface area contributed by atoms with Crippen molar-refractivity contribution < 1.29 is 0 Å². The number of hydrogen-bond donors (Lipinski definition) is 1. The topological polar surface area (TPSA) is 56.7 Å². The van der Waals surface area contributed by atoms with Gasteiger partial charge in [0.15, 0.2) is 0 Å². The van der Waals surface area contributed by atoms with Crippen molar-refractivity contribution in [1.29, 1.82) is 0 Å². The number of aromatic nitrogens is 3.